The molecule has 8 heteroatoms. The van der Waals surface area contributed by atoms with Gasteiger partial charge in [-0.2, -0.15) is 5.10 Å². The molecule has 0 unspecified atom stereocenters. The van der Waals surface area contributed by atoms with Gasteiger partial charge in [-0.25, -0.2) is 0 Å². The van der Waals surface area contributed by atoms with Crippen LogP contribution in [0.1, 0.15) is 33.6 Å². The smallest absolute Gasteiger partial charge is 0.251 e. The summed E-state index contributed by atoms with van der Waals surface area (Å²) in [5, 5.41) is 8.62. The molecule has 0 saturated carbocycles. The predicted molar refractivity (Wildman–Crippen MR) is 121 cm³/mol. The van der Waals surface area contributed by atoms with Crippen LogP contribution < -0.4 is 10.1 Å². The van der Waals surface area contributed by atoms with Gasteiger partial charge in [-0.15, -0.1) is 0 Å². The molecule has 1 aromatic heterocycles. The number of benzene rings is 2. The second-order valence-corrected chi connectivity index (χ2v) is 8.09. The number of halogens is 3. The lowest BCUT2D eigenvalue weighted by atomic mass is 10.1. The van der Waals surface area contributed by atoms with E-state index in [2.05, 4.69) is 10.4 Å². The molecule has 30 heavy (non-hydrogen) atoms. The average molecular weight is 467 g/mol. The van der Waals surface area contributed by atoms with Gasteiger partial charge in [0.05, 0.1) is 10.7 Å². The number of carbonyl (C=O) groups excluding carboxylic acids is 1. The minimum Gasteiger partial charge on any atom is -0.487 e. The zero-order chi connectivity index (χ0) is 21.7. The third kappa shape index (κ3) is 5.69. The minimum absolute atomic E-state index is 0.134. The van der Waals surface area contributed by atoms with Gasteiger partial charge in [0, 0.05) is 18.7 Å². The molecule has 3 aromatic rings. The number of hydrogen-bond acceptors (Lipinski definition) is 3. The first kappa shape index (κ1) is 22.5. The molecule has 2 aromatic carbocycles. The molecule has 0 spiro atoms. The summed E-state index contributed by atoms with van der Waals surface area (Å²) in [5.41, 5.74) is 3.31. The number of hydrogen-bond donors (Lipinski definition) is 1. The summed E-state index contributed by atoms with van der Waals surface area (Å²) < 4.78 is 7.42. The van der Waals surface area contributed by atoms with E-state index in [0.717, 1.165) is 11.1 Å². The van der Waals surface area contributed by atoms with E-state index in [1.165, 1.54) is 0 Å². The lowest BCUT2D eigenvalue weighted by molar-refractivity contribution is 0.0952. The predicted octanol–water partition coefficient (Wildman–Crippen LogP) is 5.86. The lowest BCUT2D eigenvalue weighted by Crippen LogP contribution is -2.25. The first-order valence-electron chi connectivity index (χ1n) is 9.49. The molecule has 0 bridgehead atoms. The van der Waals surface area contributed by atoms with Crippen LogP contribution in [-0.2, 0) is 13.2 Å². The van der Waals surface area contributed by atoms with Gasteiger partial charge in [-0.05, 0) is 55.7 Å². The molecular weight excluding hydrogens is 445 g/mol. The molecule has 0 atom stereocenters. The maximum absolute atomic E-state index is 12.3. The second kappa shape index (κ2) is 10.2. The number of amides is 1. The molecular formula is C22H22Cl3N3O2. The van der Waals surface area contributed by atoms with Crippen molar-refractivity contribution in [1.82, 2.24) is 15.1 Å². The van der Waals surface area contributed by atoms with E-state index in [9.17, 15) is 4.79 Å². The van der Waals surface area contributed by atoms with Gasteiger partial charge in [0.15, 0.2) is 0 Å². The summed E-state index contributed by atoms with van der Waals surface area (Å²) in [6.45, 7) is 5.23. The van der Waals surface area contributed by atoms with Crippen molar-refractivity contribution in [2.24, 2.45) is 0 Å². The molecule has 1 amide bonds. The van der Waals surface area contributed by atoms with Crippen LogP contribution >= 0.6 is 34.8 Å². The van der Waals surface area contributed by atoms with Crippen molar-refractivity contribution in [3.63, 3.8) is 0 Å². The Kier molecular flexibility index (Phi) is 7.64. The topological polar surface area (TPSA) is 56.1 Å². The van der Waals surface area contributed by atoms with Gasteiger partial charge in [0.25, 0.3) is 5.91 Å². The molecule has 0 aliphatic carbocycles. The van der Waals surface area contributed by atoms with Gasteiger partial charge >= 0.3 is 0 Å². The van der Waals surface area contributed by atoms with Crippen LogP contribution in [0, 0.1) is 13.8 Å². The fourth-order valence-corrected chi connectivity index (χ4v) is 3.41. The highest BCUT2D eigenvalue weighted by Gasteiger charge is 2.11. The van der Waals surface area contributed by atoms with E-state index in [0.29, 0.717) is 58.3 Å². The summed E-state index contributed by atoms with van der Waals surface area (Å²) in [6.07, 6.45) is 0.687. The molecule has 1 N–H and O–H groups in total. The lowest BCUT2D eigenvalue weighted by Gasteiger charge is -2.10. The average Bonchev–Trinajstić information content (AvgIpc) is 2.98. The third-order valence-electron chi connectivity index (χ3n) is 4.53. The molecule has 0 radical (unpaired) electrons. The molecule has 3 rings (SSSR count). The number of ether oxygens (including phenoxy) is 1. The van der Waals surface area contributed by atoms with Crippen LogP contribution in [0.4, 0.5) is 0 Å². The Morgan fingerprint density at radius 1 is 1.10 bits per heavy atom. The van der Waals surface area contributed by atoms with E-state index in [1.807, 2.05) is 37.3 Å². The quantitative estimate of drug-likeness (QED) is 0.423. The van der Waals surface area contributed by atoms with Gasteiger partial charge in [0.2, 0.25) is 0 Å². The molecule has 158 valence electrons. The van der Waals surface area contributed by atoms with Gasteiger partial charge in [0.1, 0.15) is 22.5 Å². The summed E-state index contributed by atoms with van der Waals surface area (Å²) in [6, 6.07) is 12.9. The number of nitrogens with one attached hydrogen (secondary N) is 1. The van der Waals surface area contributed by atoms with Gasteiger partial charge in [-0.1, -0.05) is 53.0 Å². The van der Waals surface area contributed by atoms with Crippen molar-refractivity contribution in [3.05, 3.63) is 80.0 Å². The van der Waals surface area contributed by atoms with Crippen LogP contribution in [0.2, 0.25) is 15.2 Å². The Hall–Kier alpha value is -2.21. The first-order valence-corrected chi connectivity index (χ1v) is 10.6. The Labute approximate surface area is 190 Å². The zero-order valence-corrected chi connectivity index (χ0v) is 19.0. The normalized spacial score (nSPS) is 10.8. The van der Waals surface area contributed by atoms with Crippen molar-refractivity contribution in [2.45, 2.75) is 33.4 Å². The molecule has 0 aliphatic rings. The van der Waals surface area contributed by atoms with E-state index < -0.39 is 0 Å². The fraction of sp³-hybridized carbons (Fsp3) is 0.273. The standard InChI is InChI=1S/C22H22Cl3N3O2/c1-14-4-9-18(23)19(12-14)30-13-16-5-7-17(8-6-16)22(29)26-10-3-11-28-21(25)20(24)15(2)27-28/h4-9,12H,3,10-11,13H2,1-2H3,(H,26,29). The van der Waals surface area contributed by atoms with Crippen molar-refractivity contribution in [3.8, 4) is 5.75 Å². The summed E-state index contributed by atoms with van der Waals surface area (Å²) in [7, 11) is 0. The highest BCUT2D eigenvalue weighted by molar-refractivity contribution is 6.41. The van der Waals surface area contributed by atoms with Crippen LogP contribution in [-0.4, -0.2) is 22.2 Å². The van der Waals surface area contributed by atoms with E-state index in [4.69, 9.17) is 39.5 Å². The third-order valence-corrected chi connectivity index (χ3v) is 5.77. The molecule has 0 aliphatic heterocycles. The van der Waals surface area contributed by atoms with Crippen molar-refractivity contribution in [2.75, 3.05) is 6.54 Å². The monoisotopic (exact) mass is 465 g/mol. The van der Waals surface area contributed by atoms with Crippen molar-refractivity contribution < 1.29 is 9.53 Å². The second-order valence-electron chi connectivity index (χ2n) is 6.94. The SMILES string of the molecule is Cc1ccc(Cl)c(OCc2ccc(C(=O)NCCCn3nc(C)c(Cl)c3Cl)cc2)c1. The Balaban J connectivity index is 1.46. The first-order chi connectivity index (χ1) is 14.3. The summed E-state index contributed by atoms with van der Waals surface area (Å²) >= 11 is 18.3. The van der Waals surface area contributed by atoms with Gasteiger partial charge in [-0.3, -0.25) is 9.48 Å². The highest BCUT2D eigenvalue weighted by atomic mass is 35.5. The maximum Gasteiger partial charge on any atom is 0.251 e. The molecule has 0 saturated heterocycles. The fourth-order valence-electron chi connectivity index (χ4n) is 2.85. The number of aryl methyl sites for hydroxylation is 3. The zero-order valence-electron chi connectivity index (χ0n) is 16.7. The molecule has 0 fully saturated rings. The Bertz CT molecular complexity index is 1030. The Morgan fingerprint density at radius 2 is 1.83 bits per heavy atom. The van der Waals surface area contributed by atoms with Crippen molar-refractivity contribution >= 4 is 40.7 Å². The van der Waals surface area contributed by atoms with Crippen LogP contribution in [0.25, 0.3) is 0 Å². The maximum atomic E-state index is 12.3. The molecule has 1 heterocycles. The van der Waals surface area contributed by atoms with Crippen molar-refractivity contribution in [1.29, 1.82) is 0 Å². The number of aromatic nitrogens is 2. The van der Waals surface area contributed by atoms with Crippen LogP contribution in [0.5, 0.6) is 5.75 Å². The summed E-state index contributed by atoms with van der Waals surface area (Å²) in [5.74, 6) is 0.511. The van der Waals surface area contributed by atoms with Gasteiger partial charge < -0.3 is 10.1 Å². The Morgan fingerprint density at radius 3 is 2.50 bits per heavy atom. The van der Waals surface area contributed by atoms with E-state index in [1.54, 1.807) is 23.7 Å². The minimum atomic E-state index is -0.134. The number of carbonyl (C=O) groups is 1. The van der Waals surface area contributed by atoms with Crippen LogP contribution in [0.3, 0.4) is 0 Å². The van der Waals surface area contributed by atoms with E-state index >= 15 is 0 Å². The highest BCUT2D eigenvalue weighted by Crippen LogP contribution is 2.26. The van der Waals surface area contributed by atoms with Crippen LogP contribution in [0.15, 0.2) is 42.5 Å². The summed E-state index contributed by atoms with van der Waals surface area (Å²) in [4.78, 5) is 12.3. The van der Waals surface area contributed by atoms with E-state index in [-0.39, 0.29) is 5.91 Å². The number of nitrogens with zero attached hydrogens (tertiary/aromatic N) is 2. The largest absolute Gasteiger partial charge is 0.487 e. The number of rotatable bonds is 8. The molecule has 5 nitrogen and oxygen atoms in total.